The van der Waals surface area contributed by atoms with Crippen molar-refractivity contribution in [2.45, 2.75) is 39.2 Å². The highest BCUT2D eigenvalue weighted by molar-refractivity contribution is 5.41. The first-order chi connectivity index (χ1) is 8.79. The minimum absolute atomic E-state index is 0.219. The second kappa shape index (κ2) is 6.64. The molecule has 0 aromatic heterocycles. The van der Waals surface area contributed by atoms with Gasteiger partial charge in [0.15, 0.2) is 11.5 Å². The van der Waals surface area contributed by atoms with Crippen molar-refractivity contribution in [2.24, 2.45) is 5.92 Å². The van der Waals surface area contributed by atoms with E-state index in [9.17, 15) is 5.11 Å². The van der Waals surface area contributed by atoms with E-state index in [1.165, 1.54) is 25.7 Å². The Morgan fingerprint density at radius 1 is 1.33 bits per heavy atom. The largest absolute Gasteiger partial charge is 0.504 e. The zero-order valence-corrected chi connectivity index (χ0v) is 11.1. The molecule has 0 aliphatic heterocycles. The molecule has 1 aliphatic rings. The highest BCUT2D eigenvalue weighted by Crippen LogP contribution is 2.27. The summed E-state index contributed by atoms with van der Waals surface area (Å²) in [6, 6.07) is 5.57. The highest BCUT2D eigenvalue weighted by atomic mass is 16.5. The summed E-state index contributed by atoms with van der Waals surface area (Å²) in [5.41, 5.74) is 1.16. The molecule has 0 amide bonds. The van der Waals surface area contributed by atoms with Crippen LogP contribution in [-0.2, 0) is 6.54 Å². The Morgan fingerprint density at radius 3 is 2.83 bits per heavy atom. The maximum atomic E-state index is 9.62. The number of hydrogen-bond acceptors (Lipinski definition) is 3. The predicted molar refractivity (Wildman–Crippen MR) is 72.9 cm³/mol. The number of aromatic hydroxyl groups is 1. The van der Waals surface area contributed by atoms with Crippen LogP contribution in [0.1, 0.15) is 38.2 Å². The van der Waals surface area contributed by atoms with E-state index in [4.69, 9.17) is 4.74 Å². The van der Waals surface area contributed by atoms with Gasteiger partial charge >= 0.3 is 0 Å². The van der Waals surface area contributed by atoms with E-state index < -0.39 is 0 Å². The van der Waals surface area contributed by atoms with Gasteiger partial charge in [-0.15, -0.1) is 0 Å². The zero-order valence-electron chi connectivity index (χ0n) is 11.1. The van der Waals surface area contributed by atoms with Gasteiger partial charge < -0.3 is 15.2 Å². The molecule has 0 atom stereocenters. The summed E-state index contributed by atoms with van der Waals surface area (Å²) in [5, 5.41) is 13.1. The highest BCUT2D eigenvalue weighted by Gasteiger charge is 2.14. The molecule has 0 unspecified atom stereocenters. The third-order valence-corrected chi connectivity index (χ3v) is 3.56. The van der Waals surface area contributed by atoms with Crippen LogP contribution in [0.2, 0.25) is 0 Å². The first-order valence-corrected chi connectivity index (χ1v) is 6.95. The summed E-state index contributed by atoms with van der Waals surface area (Å²) < 4.78 is 5.38. The summed E-state index contributed by atoms with van der Waals surface area (Å²) >= 11 is 0. The maximum Gasteiger partial charge on any atom is 0.161 e. The third kappa shape index (κ3) is 3.64. The summed E-state index contributed by atoms with van der Waals surface area (Å²) in [5.74, 6) is 1.66. The smallest absolute Gasteiger partial charge is 0.161 e. The monoisotopic (exact) mass is 249 g/mol. The van der Waals surface area contributed by atoms with Gasteiger partial charge in [-0.3, -0.25) is 0 Å². The Hall–Kier alpha value is -1.22. The molecule has 1 saturated carbocycles. The molecule has 1 fully saturated rings. The summed E-state index contributed by atoms with van der Waals surface area (Å²) in [6.07, 6.45) is 5.51. The van der Waals surface area contributed by atoms with E-state index >= 15 is 0 Å². The molecule has 0 heterocycles. The van der Waals surface area contributed by atoms with E-state index in [2.05, 4.69) is 5.32 Å². The van der Waals surface area contributed by atoms with Crippen LogP contribution in [0.4, 0.5) is 0 Å². The van der Waals surface area contributed by atoms with Gasteiger partial charge in [-0.2, -0.15) is 0 Å². The van der Waals surface area contributed by atoms with E-state index in [0.29, 0.717) is 12.4 Å². The maximum absolute atomic E-state index is 9.62. The Bertz CT molecular complexity index is 373. The van der Waals surface area contributed by atoms with E-state index in [-0.39, 0.29) is 5.75 Å². The molecule has 2 N–H and O–H groups in total. The molecule has 1 aromatic carbocycles. The number of nitrogens with one attached hydrogen (secondary N) is 1. The molecule has 3 nitrogen and oxygen atoms in total. The minimum atomic E-state index is 0.219. The van der Waals surface area contributed by atoms with Crippen molar-refractivity contribution in [1.82, 2.24) is 5.32 Å². The number of ether oxygens (including phenoxy) is 1. The summed E-state index contributed by atoms with van der Waals surface area (Å²) in [6.45, 7) is 4.44. The predicted octanol–water partition coefficient (Wildman–Crippen LogP) is 3.07. The van der Waals surface area contributed by atoms with Crippen molar-refractivity contribution in [2.75, 3.05) is 13.2 Å². The van der Waals surface area contributed by atoms with Gasteiger partial charge in [-0.05, 0) is 49.9 Å². The Labute approximate surface area is 109 Å². The van der Waals surface area contributed by atoms with Gasteiger partial charge in [0.25, 0.3) is 0 Å². The second-order valence-corrected chi connectivity index (χ2v) is 5.02. The quantitative estimate of drug-likeness (QED) is 0.814. The van der Waals surface area contributed by atoms with Gasteiger partial charge in [-0.25, -0.2) is 0 Å². The molecule has 3 heteroatoms. The summed E-state index contributed by atoms with van der Waals surface area (Å²) in [7, 11) is 0. The standard InChI is InChI=1S/C15H23NO2/c1-2-18-15-9-13(7-8-14(15)17)11-16-10-12-5-3-4-6-12/h7-9,12,16-17H,2-6,10-11H2,1H3. The second-order valence-electron chi connectivity index (χ2n) is 5.02. The molecule has 18 heavy (non-hydrogen) atoms. The van der Waals surface area contributed by atoms with Crippen LogP contribution in [-0.4, -0.2) is 18.3 Å². The minimum Gasteiger partial charge on any atom is -0.504 e. The van der Waals surface area contributed by atoms with Gasteiger partial charge in [-0.1, -0.05) is 18.9 Å². The van der Waals surface area contributed by atoms with E-state index in [1.807, 2.05) is 19.1 Å². The van der Waals surface area contributed by atoms with Crippen molar-refractivity contribution in [1.29, 1.82) is 0 Å². The fraction of sp³-hybridized carbons (Fsp3) is 0.600. The van der Waals surface area contributed by atoms with Crippen LogP contribution in [0.5, 0.6) is 11.5 Å². The average molecular weight is 249 g/mol. The zero-order chi connectivity index (χ0) is 12.8. The van der Waals surface area contributed by atoms with Crippen molar-refractivity contribution in [3.63, 3.8) is 0 Å². The number of phenols is 1. The Kier molecular flexibility index (Phi) is 4.88. The first-order valence-electron chi connectivity index (χ1n) is 6.95. The topological polar surface area (TPSA) is 41.5 Å². The van der Waals surface area contributed by atoms with Crippen LogP contribution in [0.15, 0.2) is 18.2 Å². The van der Waals surface area contributed by atoms with Gasteiger partial charge in [0.1, 0.15) is 0 Å². The van der Waals surface area contributed by atoms with E-state index in [1.54, 1.807) is 6.07 Å². The lowest BCUT2D eigenvalue weighted by Gasteiger charge is -2.12. The summed E-state index contributed by atoms with van der Waals surface area (Å²) in [4.78, 5) is 0. The molecular weight excluding hydrogens is 226 g/mol. The lowest BCUT2D eigenvalue weighted by molar-refractivity contribution is 0.317. The third-order valence-electron chi connectivity index (χ3n) is 3.56. The van der Waals surface area contributed by atoms with Gasteiger partial charge in [0.2, 0.25) is 0 Å². The number of benzene rings is 1. The fourth-order valence-corrected chi connectivity index (χ4v) is 2.57. The Morgan fingerprint density at radius 2 is 2.11 bits per heavy atom. The van der Waals surface area contributed by atoms with Crippen LogP contribution < -0.4 is 10.1 Å². The molecule has 100 valence electrons. The van der Waals surface area contributed by atoms with Crippen LogP contribution in [0.3, 0.4) is 0 Å². The van der Waals surface area contributed by atoms with Crippen LogP contribution in [0.25, 0.3) is 0 Å². The lowest BCUT2D eigenvalue weighted by atomic mass is 10.1. The fourth-order valence-electron chi connectivity index (χ4n) is 2.57. The van der Waals surface area contributed by atoms with E-state index in [0.717, 1.165) is 24.6 Å². The normalized spacial score (nSPS) is 16.1. The average Bonchev–Trinajstić information content (AvgIpc) is 2.87. The number of rotatable bonds is 6. The number of hydrogen-bond donors (Lipinski definition) is 2. The van der Waals surface area contributed by atoms with Gasteiger partial charge in [0.05, 0.1) is 6.61 Å². The molecule has 0 bridgehead atoms. The molecule has 1 aromatic rings. The van der Waals surface area contributed by atoms with Crippen molar-refractivity contribution >= 4 is 0 Å². The molecule has 0 saturated heterocycles. The van der Waals surface area contributed by atoms with Crippen LogP contribution in [0, 0.1) is 5.92 Å². The SMILES string of the molecule is CCOc1cc(CNCC2CCCC2)ccc1O. The van der Waals surface area contributed by atoms with Crippen molar-refractivity contribution in [3.05, 3.63) is 23.8 Å². The van der Waals surface area contributed by atoms with Crippen molar-refractivity contribution in [3.8, 4) is 11.5 Å². The van der Waals surface area contributed by atoms with Gasteiger partial charge in [0, 0.05) is 6.54 Å². The lowest BCUT2D eigenvalue weighted by Crippen LogP contribution is -2.20. The molecule has 0 spiro atoms. The number of phenolic OH excluding ortho intramolecular Hbond substituents is 1. The Balaban J connectivity index is 1.82. The molecule has 1 aliphatic carbocycles. The molecule has 0 radical (unpaired) electrons. The molecule has 2 rings (SSSR count). The van der Waals surface area contributed by atoms with Crippen molar-refractivity contribution < 1.29 is 9.84 Å². The first kappa shape index (κ1) is 13.2. The molecular formula is C15H23NO2. The van der Waals surface area contributed by atoms with Crippen LogP contribution >= 0.6 is 0 Å².